The van der Waals surface area contributed by atoms with Gasteiger partial charge in [0.2, 0.25) is 5.95 Å². The molecule has 0 spiro atoms. The Hall–Kier alpha value is -2.44. The maximum atomic E-state index is 13.1. The van der Waals surface area contributed by atoms with Gasteiger partial charge < -0.3 is 10.3 Å². The lowest BCUT2D eigenvalue weighted by atomic mass is 10.2. The van der Waals surface area contributed by atoms with Crippen molar-refractivity contribution < 1.29 is 9.18 Å². The summed E-state index contributed by atoms with van der Waals surface area (Å²) < 4.78 is 13.1. The summed E-state index contributed by atoms with van der Waals surface area (Å²) in [6.07, 6.45) is 4.14. The zero-order valence-electron chi connectivity index (χ0n) is 9.70. The van der Waals surface area contributed by atoms with Gasteiger partial charge in [-0.2, -0.15) is 0 Å². The average molecular weight is 249 g/mol. The van der Waals surface area contributed by atoms with Crippen LogP contribution in [0.4, 0.5) is 16.2 Å². The van der Waals surface area contributed by atoms with E-state index in [1.807, 2.05) is 6.92 Å². The third-order valence-corrected chi connectivity index (χ3v) is 2.17. The van der Waals surface area contributed by atoms with Crippen LogP contribution in [0.15, 0.2) is 24.7 Å². The van der Waals surface area contributed by atoms with Crippen molar-refractivity contribution >= 4 is 17.7 Å². The van der Waals surface area contributed by atoms with Gasteiger partial charge >= 0.3 is 0 Å². The molecule has 2 rings (SSSR count). The average Bonchev–Trinajstić information content (AvgIpc) is 2.84. The molecule has 0 aliphatic rings. The van der Waals surface area contributed by atoms with E-state index in [4.69, 9.17) is 0 Å². The van der Waals surface area contributed by atoms with Gasteiger partial charge in [-0.1, -0.05) is 0 Å². The Labute approximate surface area is 103 Å². The van der Waals surface area contributed by atoms with Crippen LogP contribution < -0.4 is 10.6 Å². The van der Waals surface area contributed by atoms with Gasteiger partial charge in [0.15, 0.2) is 0 Å². The van der Waals surface area contributed by atoms with E-state index in [-0.39, 0.29) is 5.56 Å². The predicted octanol–water partition coefficient (Wildman–Crippen LogP) is 1.63. The highest BCUT2D eigenvalue weighted by Gasteiger charge is 2.14. The van der Waals surface area contributed by atoms with Crippen LogP contribution in [0.5, 0.6) is 0 Å². The van der Waals surface area contributed by atoms with E-state index in [2.05, 4.69) is 25.6 Å². The minimum atomic E-state index is -0.568. The van der Waals surface area contributed by atoms with E-state index in [1.165, 1.54) is 6.20 Å². The molecule has 0 atom stereocenters. The smallest absolute Gasteiger partial charge is 0.261 e. The summed E-state index contributed by atoms with van der Waals surface area (Å²) >= 11 is 0. The molecule has 0 aromatic carbocycles. The molecule has 1 amide bonds. The van der Waals surface area contributed by atoms with Crippen LogP contribution >= 0.6 is 0 Å². The minimum absolute atomic E-state index is 0.133. The number of H-pyrrole nitrogens is 1. The number of anilines is 2. The standard InChI is InChI=1S/C11H12FN5O/c1-2-13-9-8(5-7(12)6-16-9)10(18)17-11-14-3-4-15-11/h3-6H,2H2,1H3,(H,13,16)(H2,14,15,17,18). The molecule has 0 aliphatic carbocycles. The lowest BCUT2D eigenvalue weighted by Crippen LogP contribution is -2.17. The molecule has 6 nitrogen and oxygen atoms in total. The maximum absolute atomic E-state index is 13.1. The Bertz CT molecular complexity index is 540. The van der Waals surface area contributed by atoms with Gasteiger partial charge in [0.1, 0.15) is 11.6 Å². The highest BCUT2D eigenvalue weighted by molar-refractivity contribution is 6.06. The van der Waals surface area contributed by atoms with Crippen LogP contribution in [0.3, 0.4) is 0 Å². The zero-order chi connectivity index (χ0) is 13.0. The first kappa shape index (κ1) is 12.0. The molecule has 0 fully saturated rings. The molecule has 0 aliphatic heterocycles. The van der Waals surface area contributed by atoms with Crippen molar-refractivity contribution in [2.45, 2.75) is 6.92 Å². The van der Waals surface area contributed by atoms with Gasteiger partial charge in [-0.15, -0.1) is 0 Å². The Kier molecular flexibility index (Phi) is 3.52. The van der Waals surface area contributed by atoms with Crippen LogP contribution in [0.2, 0.25) is 0 Å². The van der Waals surface area contributed by atoms with Crippen LogP contribution in [0.1, 0.15) is 17.3 Å². The van der Waals surface area contributed by atoms with Crippen LogP contribution in [0.25, 0.3) is 0 Å². The number of rotatable bonds is 4. The predicted molar refractivity (Wildman–Crippen MR) is 64.9 cm³/mol. The number of carbonyl (C=O) groups is 1. The van der Waals surface area contributed by atoms with Crippen LogP contribution in [0, 0.1) is 5.82 Å². The Morgan fingerprint density at radius 2 is 2.33 bits per heavy atom. The number of carbonyl (C=O) groups excluding carboxylic acids is 1. The van der Waals surface area contributed by atoms with Gasteiger partial charge in [-0.05, 0) is 13.0 Å². The zero-order valence-corrected chi connectivity index (χ0v) is 9.70. The Morgan fingerprint density at radius 3 is 3.00 bits per heavy atom. The molecule has 94 valence electrons. The van der Waals surface area contributed by atoms with Gasteiger partial charge in [0.25, 0.3) is 5.91 Å². The van der Waals surface area contributed by atoms with Gasteiger partial charge in [-0.25, -0.2) is 14.4 Å². The van der Waals surface area contributed by atoms with Crippen molar-refractivity contribution in [1.29, 1.82) is 0 Å². The van der Waals surface area contributed by atoms with Crippen molar-refractivity contribution in [3.8, 4) is 0 Å². The van der Waals surface area contributed by atoms with Crippen molar-refractivity contribution in [3.05, 3.63) is 36.0 Å². The number of hydrogen-bond donors (Lipinski definition) is 3. The molecule has 0 saturated carbocycles. The summed E-state index contributed by atoms with van der Waals surface area (Å²) in [7, 11) is 0. The number of hydrogen-bond acceptors (Lipinski definition) is 4. The number of nitrogens with one attached hydrogen (secondary N) is 3. The molecule has 0 saturated heterocycles. The van der Waals surface area contributed by atoms with Gasteiger partial charge in [0, 0.05) is 18.9 Å². The first-order chi connectivity index (χ1) is 8.70. The number of aromatic nitrogens is 3. The SMILES string of the molecule is CCNc1ncc(F)cc1C(=O)Nc1ncc[nH]1. The van der Waals surface area contributed by atoms with Crippen molar-refractivity contribution in [2.75, 3.05) is 17.2 Å². The maximum Gasteiger partial charge on any atom is 0.261 e. The van der Waals surface area contributed by atoms with Gasteiger partial charge in [0.05, 0.1) is 11.8 Å². The van der Waals surface area contributed by atoms with Crippen molar-refractivity contribution in [3.63, 3.8) is 0 Å². The summed E-state index contributed by atoms with van der Waals surface area (Å²) in [5, 5.41) is 5.41. The molecular weight excluding hydrogens is 237 g/mol. The second-order valence-corrected chi connectivity index (χ2v) is 3.47. The largest absolute Gasteiger partial charge is 0.370 e. The number of halogens is 1. The van der Waals surface area contributed by atoms with E-state index in [9.17, 15) is 9.18 Å². The number of nitrogens with zero attached hydrogens (tertiary/aromatic N) is 2. The second-order valence-electron chi connectivity index (χ2n) is 3.47. The topological polar surface area (TPSA) is 82.7 Å². The van der Waals surface area contributed by atoms with E-state index < -0.39 is 11.7 Å². The highest BCUT2D eigenvalue weighted by Crippen LogP contribution is 2.14. The third-order valence-electron chi connectivity index (χ3n) is 2.17. The molecule has 18 heavy (non-hydrogen) atoms. The lowest BCUT2D eigenvalue weighted by molar-refractivity contribution is 0.102. The molecule has 2 aromatic heterocycles. The number of amides is 1. The van der Waals surface area contributed by atoms with Crippen molar-refractivity contribution in [2.24, 2.45) is 0 Å². The normalized spacial score (nSPS) is 10.1. The molecule has 7 heteroatoms. The first-order valence-electron chi connectivity index (χ1n) is 5.41. The summed E-state index contributed by atoms with van der Waals surface area (Å²) in [6.45, 7) is 2.44. The van der Waals surface area contributed by atoms with Crippen LogP contribution in [-0.4, -0.2) is 27.4 Å². The summed E-state index contributed by atoms with van der Waals surface area (Å²) in [5.74, 6) is -0.413. The molecule has 3 N–H and O–H groups in total. The monoisotopic (exact) mass is 249 g/mol. The minimum Gasteiger partial charge on any atom is -0.370 e. The van der Waals surface area contributed by atoms with Crippen molar-refractivity contribution in [1.82, 2.24) is 15.0 Å². The fourth-order valence-electron chi connectivity index (χ4n) is 1.43. The molecule has 0 bridgehead atoms. The molecule has 2 heterocycles. The summed E-state index contributed by atoms with van der Waals surface area (Å²) in [6, 6.07) is 1.13. The van der Waals surface area contributed by atoms with E-state index in [0.717, 1.165) is 12.3 Å². The number of aromatic amines is 1. The summed E-state index contributed by atoms with van der Waals surface area (Å²) in [5.41, 5.74) is 0.133. The number of pyridine rings is 1. The lowest BCUT2D eigenvalue weighted by Gasteiger charge is -2.08. The van der Waals surface area contributed by atoms with Crippen LogP contribution in [-0.2, 0) is 0 Å². The van der Waals surface area contributed by atoms with E-state index in [1.54, 1.807) is 6.20 Å². The van der Waals surface area contributed by atoms with E-state index in [0.29, 0.717) is 18.3 Å². The second kappa shape index (κ2) is 5.26. The van der Waals surface area contributed by atoms with Gasteiger partial charge in [-0.3, -0.25) is 10.1 Å². The fourth-order valence-corrected chi connectivity index (χ4v) is 1.43. The first-order valence-corrected chi connectivity index (χ1v) is 5.41. The van der Waals surface area contributed by atoms with E-state index >= 15 is 0 Å². The third kappa shape index (κ3) is 2.62. The molecule has 2 aromatic rings. The Balaban J connectivity index is 2.25. The quantitative estimate of drug-likeness (QED) is 0.769. The molecule has 0 unspecified atom stereocenters. The highest BCUT2D eigenvalue weighted by atomic mass is 19.1. The number of imidazole rings is 1. The summed E-state index contributed by atoms with van der Waals surface area (Å²) in [4.78, 5) is 22.4. The Morgan fingerprint density at radius 1 is 1.50 bits per heavy atom. The fraction of sp³-hybridized carbons (Fsp3) is 0.182. The molecular formula is C11H12FN5O. The molecule has 0 radical (unpaired) electrons.